The van der Waals surface area contributed by atoms with Crippen molar-refractivity contribution < 1.29 is 0 Å². The average Bonchev–Trinajstić information content (AvgIpc) is 3.58. The van der Waals surface area contributed by atoms with Crippen LogP contribution in [-0.2, 0) is 0 Å². The Bertz CT molecular complexity index is 2460. The number of fused-ring (bicyclic) bond motifs is 3. The lowest BCUT2D eigenvalue weighted by molar-refractivity contribution is 1.28. The molecule has 0 saturated heterocycles. The summed E-state index contributed by atoms with van der Waals surface area (Å²) < 4.78 is 2.58. The van der Waals surface area contributed by atoms with Crippen molar-refractivity contribution in [1.82, 2.24) is 19.9 Å². The van der Waals surface area contributed by atoms with Crippen LogP contribution in [0.15, 0.2) is 171 Å². The molecule has 230 valence electrons. The molecule has 0 saturated carbocycles. The van der Waals surface area contributed by atoms with E-state index in [1.807, 2.05) is 60.4 Å². The maximum absolute atomic E-state index is 4.84. The highest BCUT2D eigenvalue weighted by Crippen LogP contribution is 2.45. The normalized spacial score (nSPS) is 11.3. The predicted molar refractivity (Wildman–Crippen MR) is 203 cm³/mol. The van der Waals surface area contributed by atoms with Crippen molar-refractivity contribution in [2.75, 3.05) is 0 Å². The number of hydrogen-bond acceptors (Lipinski definition) is 5. The van der Waals surface area contributed by atoms with E-state index in [1.54, 1.807) is 12.4 Å². The van der Waals surface area contributed by atoms with Gasteiger partial charge >= 0.3 is 0 Å². The Morgan fingerprint density at radius 2 is 0.857 bits per heavy atom. The minimum atomic E-state index is 0.896. The van der Waals surface area contributed by atoms with Crippen molar-refractivity contribution >= 4 is 31.5 Å². The molecule has 5 heterocycles. The van der Waals surface area contributed by atoms with Crippen molar-refractivity contribution in [3.05, 3.63) is 171 Å². The van der Waals surface area contributed by atoms with Crippen LogP contribution in [0.4, 0.5) is 0 Å². The van der Waals surface area contributed by atoms with Gasteiger partial charge in [-0.15, -0.1) is 11.3 Å². The Morgan fingerprint density at radius 3 is 1.35 bits per heavy atom. The fourth-order valence-electron chi connectivity index (χ4n) is 6.51. The molecule has 0 aliphatic carbocycles. The van der Waals surface area contributed by atoms with Crippen molar-refractivity contribution in [2.45, 2.75) is 0 Å². The maximum Gasteiger partial charge on any atom is 0.0717 e. The molecule has 0 aliphatic heterocycles. The Labute approximate surface area is 288 Å². The molecular formula is C44H28N4S. The van der Waals surface area contributed by atoms with Gasteiger partial charge in [-0.3, -0.25) is 19.9 Å². The number of rotatable bonds is 6. The first-order valence-electron chi connectivity index (χ1n) is 16.2. The zero-order chi connectivity index (χ0) is 32.6. The monoisotopic (exact) mass is 644 g/mol. The smallest absolute Gasteiger partial charge is 0.0717 e. The van der Waals surface area contributed by atoms with E-state index in [0.717, 1.165) is 50.3 Å². The molecule has 0 amide bonds. The van der Waals surface area contributed by atoms with Crippen molar-refractivity contribution in [2.24, 2.45) is 0 Å². The molecule has 0 radical (unpaired) electrons. The van der Waals surface area contributed by atoms with E-state index in [1.165, 1.54) is 36.9 Å². The fraction of sp³-hybridized carbons (Fsp3) is 0. The zero-order valence-corrected chi connectivity index (χ0v) is 27.2. The van der Waals surface area contributed by atoms with Gasteiger partial charge in [-0.1, -0.05) is 78.9 Å². The Balaban J connectivity index is 1.21. The van der Waals surface area contributed by atoms with Crippen LogP contribution in [0, 0.1) is 0 Å². The predicted octanol–water partition coefficient (Wildman–Crippen LogP) is 11.6. The molecule has 0 bridgehead atoms. The van der Waals surface area contributed by atoms with E-state index in [2.05, 4.69) is 119 Å². The van der Waals surface area contributed by atoms with Crippen LogP contribution >= 0.6 is 11.3 Å². The quantitative estimate of drug-likeness (QED) is 0.181. The number of hydrogen-bond donors (Lipinski definition) is 0. The lowest BCUT2D eigenvalue weighted by Gasteiger charge is -2.12. The van der Waals surface area contributed by atoms with Gasteiger partial charge in [-0.25, -0.2) is 0 Å². The first-order valence-corrected chi connectivity index (χ1v) is 17.0. The topological polar surface area (TPSA) is 51.6 Å². The molecule has 49 heavy (non-hydrogen) atoms. The number of thiophene rings is 1. The highest BCUT2D eigenvalue weighted by molar-refractivity contribution is 7.26. The number of benzene rings is 4. The number of aromatic nitrogens is 4. The summed E-state index contributed by atoms with van der Waals surface area (Å²) in [6, 6.07) is 47.2. The summed E-state index contributed by atoms with van der Waals surface area (Å²) in [5.41, 5.74) is 12.9. The molecule has 0 aliphatic rings. The second-order valence-corrected chi connectivity index (χ2v) is 13.0. The third-order valence-corrected chi connectivity index (χ3v) is 10.2. The van der Waals surface area contributed by atoms with Gasteiger partial charge in [-0.2, -0.15) is 0 Å². The molecule has 9 rings (SSSR count). The molecule has 5 heteroatoms. The van der Waals surface area contributed by atoms with Gasteiger partial charge in [0.2, 0.25) is 0 Å². The molecular weight excluding hydrogens is 617 g/mol. The summed E-state index contributed by atoms with van der Waals surface area (Å²) in [4.78, 5) is 18.2. The summed E-state index contributed by atoms with van der Waals surface area (Å²) >= 11 is 1.87. The molecule has 0 atom stereocenters. The molecule has 5 aromatic heterocycles. The van der Waals surface area contributed by atoms with E-state index in [9.17, 15) is 0 Å². The molecule has 4 aromatic carbocycles. The minimum absolute atomic E-state index is 0.896. The largest absolute Gasteiger partial charge is 0.264 e. The Morgan fingerprint density at radius 1 is 0.347 bits per heavy atom. The van der Waals surface area contributed by atoms with Crippen LogP contribution in [0.3, 0.4) is 0 Å². The van der Waals surface area contributed by atoms with Gasteiger partial charge in [-0.05, 0) is 88.0 Å². The zero-order valence-electron chi connectivity index (χ0n) is 26.4. The van der Waals surface area contributed by atoms with Crippen LogP contribution in [0.2, 0.25) is 0 Å². The molecule has 9 aromatic rings. The van der Waals surface area contributed by atoms with Gasteiger partial charge in [0.05, 0.1) is 11.4 Å². The Kier molecular flexibility index (Phi) is 7.30. The minimum Gasteiger partial charge on any atom is -0.264 e. The maximum atomic E-state index is 4.84. The second-order valence-electron chi connectivity index (χ2n) is 12.0. The van der Waals surface area contributed by atoms with Crippen molar-refractivity contribution in [1.29, 1.82) is 0 Å². The highest BCUT2D eigenvalue weighted by atomic mass is 32.1. The van der Waals surface area contributed by atoms with Gasteiger partial charge in [0.1, 0.15) is 0 Å². The van der Waals surface area contributed by atoms with E-state index in [0.29, 0.717) is 0 Å². The summed E-state index contributed by atoms with van der Waals surface area (Å²) in [7, 11) is 0. The summed E-state index contributed by atoms with van der Waals surface area (Å²) in [5, 5.41) is 2.55. The van der Waals surface area contributed by atoms with Gasteiger partial charge in [0, 0.05) is 79.6 Å². The molecule has 0 fully saturated rings. The first kappa shape index (κ1) is 28.9. The van der Waals surface area contributed by atoms with Crippen LogP contribution in [0.5, 0.6) is 0 Å². The third kappa shape index (κ3) is 5.46. The van der Waals surface area contributed by atoms with Crippen molar-refractivity contribution in [3.8, 4) is 67.0 Å². The fourth-order valence-corrected chi connectivity index (χ4v) is 7.88. The van der Waals surface area contributed by atoms with Crippen LogP contribution in [0.25, 0.3) is 87.2 Å². The SMILES string of the molecule is c1ccc(-c2cccc3c2sc2c(-c4cc(-c5ccc(-c6cccnc6)nc5)cc(-c5ccc(-c6cccnc6)nc5)c4)cccc23)cc1. The standard InChI is InChI=1S/C44H28N4S/c1-2-8-29(9-3-1)37-12-4-14-39-40-15-5-13-38(44(40)49-43(37)39)36-23-34(30-16-18-41(47-27-30)32-10-6-20-45-25-32)22-35(24-36)31-17-19-42(48-28-31)33-11-7-21-46-26-33/h1-28H. The number of nitrogens with zero attached hydrogens (tertiary/aromatic N) is 4. The highest BCUT2D eigenvalue weighted by Gasteiger charge is 2.16. The van der Waals surface area contributed by atoms with Gasteiger partial charge < -0.3 is 0 Å². The number of pyridine rings is 4. The van der Waals surface area contributed by atoms with Crippen LogP contribution < -0.4 is 0 Å². The first-order chi connectivity index (χ1) is 24.3. The molecule has 0 unspecified atom stereocenters. The second kappa shape index (κ2) is 12.4. The van der Waals surface area contributed by atoms with E-state index < -0.39 is 0 Å². The van der Waals surface area contributed by atoms with Crippen LogP contribution in [0.1, 0.15) is 0 Å². The van der Waals surface area contributed by atoms with E-state index in [-0.39, 0.29) is 0 Å². The van der Waals surface area contributed by atoms with Gasteiger partial charge in [0.25, 0.3) is 0 Å². The summed E-state index contributed by atoms with van der Waals surface area (Å²) in [6.45, 7) is 0. The lowest BCUT2D eigenvalue weighted by atomic mass is 9.93. The molecule has 4 nitrogen and oxygen atoms in total. The Hall–Kier alpha value is -6.30. The van der Waals surface area contributed by atoms with Crippen molar-refractivity contribution in [3.63, 3.8) is 0 Å². The average molecular weight is 645 g/mol. The lowest BCUT2D eigenvalue weighted by Crippen LogP contribution is -1.90. The molecule has 0 N–H and O–H groups in total. The third-order valence-electron chi connectivity index (χ3n) is 8.96. The van der Waals surface area contributed by atoms with Crippen LogP contribution in [-0.4, -0.2) is 19.9 Å². The van der Waals surface area contributed by atoms with Gasteiger partial charge in [0.15, 0.2) is 0 Å². The molecule has 0 spiro atoms. The van der Waals surface area contributed by atoms with E-state index >= 15 is 0 Å². The summed E-state index contributed by atoms with van der Waals surface area (Å²) in [5.74, 6) is 0. The van der Waals surface area contributed by atoms with E-state index in [4.69, 9.17) is 9.97 Å². The summed E-state index contributed by atoms with van der Waals surface area (Å²) in [6.07, 6.45) is 11.2.